The van der Waals surface area contributed by atoms with Gasteiger partial charge in [0.25, 0.3) is 5.91 Å². The Morgan fingerprint density at radius 2 is 0.922 bits per heavy atom. The summed E-state index contributed by atoms with van der Waals surface area (Å²) in [4.78, 5) is 134. The van der Waals surface area contributed by atoms with E-state index in [2.05, 4.69) is 45.5 Å². The Bertz CT molecular complexity index is 2990. The van der Waals surface area contributed by atoms with Gasteiger partial charge in [0.2, 0.25) is 17.7 Å². The summed E-state index contributed by atoms with van der Waals surface area (Å²) < 4.78 is 11.1. The van der Waals surface area contributed by atoms with E-state index in [1.807, 2.05) is 63.2 Å². The number of ether oxygens (including phenoxy) is 2. The average molecular weight is 1240 g/mol. The number of carbonyl (C=O) groups excluding carboxylic acids is 9. The Morgan fingerprint density at radius 1 is 0.533 bits per heavy atom. The van der Waals surface area contributed by atoms with Crippen molar-refractivity contribution in [3.05, 3.63) is 106 Å². The normalized spacial score (nSPS) is 21.3. The molecule has 488 valence electrons. The van der Waals surface area contributed by atoms with Crippen molar-refractivity contribution >= 4 is 66.6 Å². The molecule has 0 spiro atoms. The van der Waals surface area contributed by atoms with Gasteiger partial charge >= 0.3 is 280 Å². The molecule has 6 N–H and O–H groups in total. The van der Waals surface area contributed by atoms with Crippen LogP contribution in [-0.2, 0) is 46.3 Å². The van der Waals surface area contributed by atoms with Crippen LogP contribution < -0.4 is 31.9 Å². The summed E-state index contributed by atoms with van der Waals surface area (Å²) in [6, 6.07) is 14.1. The van der Waals surface area contributed by atoms with Crippen LogP contribution in [0.3, 0.4) is 0 Å². The second-order valence-electron chi connectivity index (χ2n) is 29.0. The zero-order chi connectivity index (χ0) is 66.5. The summed E-state index contributed by atoms with van der Waals surface area (Å²) in [5.74, 6) is -3.49. The molecule has 7 rings (SSSR count). The number of amides is 9. The van der Waals surface area contributed by atoms with E-state index in [1.54, 1.807) is 94.5 Å². The average Bonchev–Trinajstić information content (AvgIpc) is 1.67. The number of nitrogens with zero attached hydrogens (tertiary/aromatic N) is 4. The molecule has 22 heteroatoms. The summed E-state index contributed by atoms with van der Waals surface area (Å²) in [6.07, 6.45) is 3.66. The number of hydrogen-bond acceptors (Lipinski definition) is 12. The van der Waals surface area contributed by atoms with E-state index >= 15 is 9.59 Å². The fourth-order valence-electron chi connectivity index (χ4n) is 12.1. The first-order valence-corrected chi connectivity index (χ1v) is 31.7. The van der Waals surface area contributed by atoms with Gasteiger partial charge < -0.3 is 25.6 Å². The van der Waals surface area contributed by atoms with Gasteiger partial charge in [-0.1, -0.05) is 51.1 Å². The molecule has 0 saturated carbocycles. The molecule has 9 amide bonds. The summed E-state index contributed by atoms with van der Waals surface area (Å²) >= 11 is 0. The molecule has 0 radical (unpaired) electrons. The maximum absolute atomic E-state index is 15.2. The third-order valence-electron chi connectivity index (χ3n) is 17.5. The first-order chi connectivity index (χ1) is 41.9. The van der Waals surface area contributed by atoms with Gasteiger partial charge in [0.05, 0.1) is 6.04 Å². The Hall–Kier alpha value is -7.78. The Kier molecular flexibility index (Phi) is 21.8. The first kappa shape index (κ1) is 69.7. The van der Waals surface area contributed by atoms with Crippen LogP contribution in [0.4, 0.5) is 9.59 Å². The molecule has 2 aliphatic carbocycles. The second kappa shape index (κ2) is 28.2. The van der Waals surface area contributed by atoms with E-state index in [-0.39, 0.29) is 55.0 Å². The number of likely N-dealkylation sites (tertiary alicyclic amines) is 2. The molecule has 0 unspecified atom stereocenters. The van der Waals surface area contributed by atoms with Crippen LogP contribution in [0.5, 0.6) is 0 Å². The third kappa shape index (κ3) is 17.4. The van der Waals surface area contributed by atoms with Crippen LogP contribution in [0.2, 0.25) is 0 Å². The molecule has 0 bridgehead atoms. The predicted octanol–water partition coefficient (Wildman–Crippen LogP) is 6.55. The number of fused-ring (bicyclic) bond motifs is 2. The molecular weight excluding hydrogens is 1140 g/mol. The zero-order valence-electron chi connectivity index (χ0n) is 55.8. The van der Waals surface area contributed by atoms with Gasteiger partial charge in [0.15, 0.2) is 0 Å². The molecule has 0 aromatic heterocycles. The fourth-order valence-corrected chi connectivity index (χ4v) is 12.1. The molecular formula is C68H97BN10O11. The van der Waals surface area contributed by atoms with Crippen LogP contribution in [0.1, 0.15) is 191 Å². The number of nitrogens with one attached hydrogen (secondary N) is 6. The third-order valence-corrected chi connectivity index (χ3v) is 17.5. The summed E-state index contributed by atoms with van der Waals surface area (Å²) in [6.45, 7) is 24.7. The Morgan fingerprint density at radius 3 is 1.32 bits per heavy atom. The number of benzene rings is 3. The summed E-state index contributed by atoms with van der Waals surface area (Å²) in [5, 5.41) is 18.8. The van der Waals surface area contributed by atoms with Crippen molar-refractivity contribution in [1.82, 2.24) is 51.5 Å². The fraction of sp³-hybridized carbons (Fsp3) is 0.588. The second-order valence-corrected chi connectivity index (χ2v) is 29.0. The van der Waals surface area contributed by atoms with E-state index in [9.17, 15) is 33.6 Å². The van der Waals surface area contributed by atoms with E-state index in [4.69, 9.17) is 9.47 Å². The molecule has 4 aliphatic rings. The van der Waals surface area contributed by atoms with Gasteiger partial charge in [-0.15, -0.1) is 0 Å². The summed E-state index contributed by atoms with van der Waals surface area (Å²) in [5.41, 5.74) is 1.71. The van der Waals surface area contributed by atoms with Crippen molar-refractivity contribution in [1.29, 1.82) is 0 Å². The zero-order valence-corrected chi connectivity index (χ0v) is 55.8. The van der Waals surface area contributed by atoms with Gasteiger partial charge in [-0.2, -0.15) is 0 Å². The van der Waals surface area contributed by atoms with E-state index < -0.39 is 118 Å². The minimum absolute atomic E-state index is 0.0288. The molecule has 2 saturated heterocycles. The topological polar surface area (TPSA) is 257 Å². The molecule has 10 atom stereocenters. The minimum atomic E-state index is -1.18. The number of carbonyl (C=O) groups is 9. The van der Waals surface area contributed by atoms with Crippen LogP contribution in [0.15, 0.2) is 72.8 Å². The number of aryl methyl sites for hydroxylation is 2. The van der Waals surface area contributed by atoms with Crippen molar-refractivity contribution in [3.63, 3.8) is 0 Å². The van der Waals surface area contributed by atoms with Crippen LogP contribution >= 0.6 is 0 Å². The van der Waals surface area contributed by atoms with Crippen LogP contribution in [-0.4, -0.2) is 173 Å². The van der Waals surface area contributed by atoms with Gasteiger partial charge in [-0.3, -0.25) is 24.1 Å². The van der Waals surface area contributed by atoms with E-state index in [0.717, 1.165) is 52.8 Å². The molecule has 2 heterocycles. The molecule has 3 aromatic rings. The van der Waals surface area contributed by atoms with E-state index in [0.29, 0.717) is 18.4 Å². The molecule has 90 heavy (non-hydrogen) atoms. The monoisotopic (exact) mass is 1240 g/mol. The first-order valence-electron chi connectivity index (χ1n) is 31.7. The SMILES string of the molecule is B=C(N[C@H](C(=O)N1C[C@@H](NC(=O)c2cccc(C(=O)N[C@H]3C[C@@H](C(=O)N[C@@H]4CCCc5ccccc54)N(C(=O)[C@@H](NC(=O)[C@H](C)N(C)C(=O)OC(C)(C)C)C(C)(C)C)C3)c2)C[C@H]1C(=O)N[C@@H]1CCCc2ccccc21)C(C)(C)C)[C@H](C)N(C)C(=O)OC(C)(C)C. The van der Waals surface area contributed by atoms with Gasteiger partial charge in [0.1, 0.15) is 23.7 Å². The number of hydrogen-bond donors (Lipinski definition) is 6. The molecule has 21 nitrogen and oxygen atoms in total. The quantitative estimate of drug-likeness (QED) is 0.0787. The Labute approximate surface area is 532 Å². The van der Waals surface area contributed by atoms with Crippen molar-refractivity contribution in [2.24, 2.45) is 10.8 Å². The summed E-state index contributed by atoms with van der Waals surface area (Å²) in [7, 11) is 7.27. The van der Waals surface area contributed by atoms with Crippen molar-refractivity contribution in [2.75, 3.05) is 27.2 Å². The van der Waals surface area contributed by atoms with Crippen molar-refractivity contribution in [3.8, 4) is 0 Å². The number of likely N-dealkylation sites (N-methyl/N-ethyl adjacent to an activating group) is 2. The molecule has 2 aliphatic heterocycles. The molecule has 2 fully saturated rings. The van der Waals surface area contributed by atoms with Gasteiger partial charge in [-0.25, -0.2) is 4.79 Å². The molecule has 3 aromatic carbocycles. The maximum atomic E-state index is 15.2. The predicted molar refractivity (Wildman–Crippen MR) is 347 cm³/mol. The van der Waals surface area contributed by atoms with E-state index in [1.165, 1.54) is 34.7 Å². The number of rotatable bonds is 17. The Balaban J connectivity index is 1.10. The van der Waals surface area contributed by atoms with Crippen LogP contribution in [0.25, 0.3) is 0 Å². The van der Waals surface area contributed by atoms with Crippen LogP contribution in [0, 0.1) is 10.8 Å². The van der Waals surface area contributed by atoms with Crippen molar-refractivity contribution < 1.29 is 52.6 Å². The van der Waals surface area contributed by atoms with Gasteiger partial charge in [0, 0.05) is 19.6 Å². The van der Waals surface area contributed by atoms with Gasteiger partial charge in [-0.05, 0) is 76.0 Å². The standard InChI is InChI=1S/C68H97BN10O11/c1-39(76(15)63(87)89-67(9,10)11)55(69)74-53(65(3,4)5)61(85)78-37-45(35-51(78)59(83)72-49-32-22-26-41-24-17-19-30-47(41)49)70-57(81)43-28-21-29-44(34-43)58(82)71-46-36-52(60(84)73-50-33-23-27-42-25-18-20-31-48(42)50)79(38-46)62(86)54(66(6,7)8)75-56(80)40(2)77(16)64(88)90-68(12,13)14/h17-21,24-25,28-31,34,39-40,45-46,49-54,69,74H,22-23,26-27,32-33,35-38H2,1-16H3,(H,70,81)(H,71,82)(H,72,83)(H,73,84)(H,75,80)/t39-,40-,45-,46-,49+,50+,51-,52-,53+,54+/m0/s1. The van der Waals surface area contributed by atoms with Crippen molar-refractivity contribution in [2.45, 2.75) is 220 Å².